The third-order valence-corrected chi connectivity index (χ3v) is 4.04. The van der Waals surface area contributed by atoms with Gasteiger partial charge in [0.2, 0.25) is 0 Å². The Labute approximate surface area is 136 Å². The summed E-state index contributed by atoms with van der Waals surface area (Å²) in [5, 5.41) is 2.56. The summed E-state index contributed by atoms with van der Waals surface area (Å²) in [6.07, 6.45) is 3.90. The number of hydrogen-bond acceptors (Lipinski definition) is 1. The molecule has 2 aromatic carbocycles. The Hall–Kier alpha value is -1.28. The van der Waals surface area contributed by atoms with E-state index in [0.29, 0.717) is 0 Å². The van der Waals surface area contributed by atoms with E-state index in [1.54, 1.807) is 11.1 Å². The lowest BCUT2D eigenvalue weighted by molar-refractivity contribution is 0.261. The average molecular weight is 320 g/mol. The number of rotatable bonds is 6. The van der Waals surface area contributed by atoms with Crippen LogP contribution in [0.4, 0.5) is 0 Å². The van der Waals surface area contributed by atoms with Gasteiger partial charge in [-0.25, -0.2) is 0 Å². The van der Waals surface area contributed by atoms with Crippen LogP contribution in [0.1, 0.15) is 18.5 Å². The highest BCUT2D eigenvalue weighted by Gasteiger charge is 2.15. The molecule has 0 fully saturated rings. The number of fused-ring (bicyclic) bond motifs is 1. The second-order valence-electron chi connectivity index (χ2n) is 4.92. The molecular formula is C18H19Cl2N. The van der Waals surface area contributed by atoms with Crippen molar-refractivity contribution in [2.24, 2.45) is 0 Å². The van der Waals surface area contributed by atoms with Gasteiger partial charge >= 0.3 is 0 Å². The summed E-state index contributed by atoms with van der Waals surface area (Å²) in [4.78, 5) is 2.32. The second kappa shape index (κ2) is 8.23. The topological polar surface area (TPSA) is 3.24 Å². The minimum absolute atomic E-state index is 0.275. The summed E-state index contributed by atoms with van der Waals surface area (Å²) in [6.45, 7) is 3.79. The molecule has 0 aromatic heterocycles. The van der Waals surface area contributed by atoms with E-state index in [1.165, 1.54) is 16.3 Å². The monoisotopic (exact) mass is 319 g/mol. The van der Waals surface area contributed by atoms with Gasteiger partial charge < -0.3 is 0 Å². The van der Waals surface area contributed by atoms with Crippen LogP contribution in [-0.2, 0) is 0 Å². The largest absolute Gasteiger partial charge is 0.289 e. The van der Waals surface area contributed by atoms with Gasteiger partial charge in [-0.1, -0.05) is 77.8 Å². The maximum atomic E-state index is 5.67. The number of halogens is 2. The zero-order chi connectivity index (χ0) is 15.1. The van der Waals surface area contributed by atoms with E-state index < -0.39 is 0 Å². The number of hydrogen-bond donors (Lipinski definition) is 0. The van der Waals surface area contributed by atoms with Gasteiger partial charge in [0, 0.05) is 30.2 Å². The highest BCUT2D eigenvalue weighted by Crippen LogP contribution is 2.28. The van der Waals surface area contributed by atoms with Crippen LogP contribution in [0.15, 0.2) is 65.7 Å². The zero-order valence-corrected chi connectivity index (χ0v) is 13.6. The van der Waals surface area contributed by atoms with Gasteiger partial charge in [-0.15, -0.1) is 0 Å². The smallest absolute Gasteiger partial charge is 0.0332 e. The summed E-state index contributed by atoms with van der Waals surface area (Å²) >= 11 is 11.3. The molecule has 0 N–H and O–H groups in total. The van der Waals surface area contributed by atoms with Crippen molar-refractivity contribution in [3.63, 3.8) is 0 Å². The molecule has 0 amide bonds. The second-order valence-corrected chi connectivity index (χ2v) is 5.43. The van der Waals surface area contributed by atoms with Crippen molar-refractivity contribution < 1.29 is 0 Å². The van der Waals surface area contributed by atoms with Crippen molar-refractivity contribution >= 4 is 34.0 Å². The Morgan fingerprint density at radius 3 is 2.24 bits per heavy atom. The molecule has 21 heavy (non-hydrogen) atoms. The van der Waals surface area contributed by atoms with Crippen LogP contribution < -0.4 is 0 Å². The zero-order valence-electron chi connectivity index (χ0n) is 12.0. The molecule has 0 bridgehead atoms. The summed E-state index contributed by atoms with van der Waals surface area (Å²) < 4.78 is 0. The molecule has 0 saturated heterocycles. The van der Waals surface area contributed by atoms with Crippen molar-refractivity contribution in [1.29, 1.82) is 0 Å². The molecule has 110 valence electrons. The molecule has 0 aliphatic carbocycles. The molecule has 3 heteroatoms. The van der Waals surface area contributed by atoms with E-state index in [-0.39, 0.29) is 6.04 Å². The highest BCUT2D eigenvalue weighted by molar-refractivity contribution is 6.25. The molecule has 0 heterocycles. The Bertz CT molecular complexity index is 615. The normalized spacial score (nSPS) is 13.7. The average Bonchev–Trinajstić information content (AvgIpc) is 2.54. The minimum Gasteiger partial charge on any atom is -0.289 e. The highest BCUT2D eigenvalue weighted by atomic mass is 35.5. The maximum Gasteiger partial charge on any atom is 0.0332 e. The van der Waals surface area contributed by atoms with Crippen molar-refractivity contribution in [3.05, 3.63) is 71.3 Å². The molecule has 0 saturated carbocycles. The Morgan fingerprint density at radius 2 is 1.57 bits per heavy atom. The van der Waals surface area contributed by atoms with Crippen LogP contribution >= 0.6 is 23.2 Å². The predicted octanol–water partition coefficient (Wildman–Crippen LogP) is 5.71. The standard InChI is InChI=1S/C18H19Cl2N/c1-15(21(13-5-11-19)14-6-12-20)17-10-4-8-16-7-2-3-9-18(16)17/h2-12,15H,13-14H2,1H3/b11-5+,12-6+/t15-/m1/s1. The molecule has 1 nitrogen and oxygen atoms in total. The van der Waals surface area contributed by atoms with Gasteiger partial charge in [0.05, 0.1) is 0 Å². The Kier molecular flexibility index (Phi) is 6.31. The number of benzene rings is 2. The minimum atomic E-state index is 0.275. The summed E-state index contributed by atoms with van der Waals surface area (Å²) in [5.74, 6) is 0. The van der Waals surface area contributed by atoms with Crippen LogP contribution in [0.25, 0.3) is 10.8 Å². The van der Waals surface area contributed by atoms with Gasteiger partial charge in [0.15, 0.2) is 0 Å². The van der Waals surface area contributed by atoms with Crippen molar-refractivity contribution in [2.75, 3.05) is 13.1 Å². The lowest BCUT2D eigenvalue weighted by Crippen LogP contribution is -2.27. The third-order valence-electron chi connectivity index (χ3n) is 3.68. The first-order valence-corrected chi connectivity index (χ1v) is 7.87. The van der Waals surface area contributed by atoms with Gasteiger partial charge in [0.1, 0.15) is 0 Å². The molecule has 0 radical (unpaired) electrons. The van der Waals surface area contributed by atoms with E-state index >= 15 is 0 Å². The van der Waals surface area contributed by atoms with Crippen molar-refractivity contribution in [1.82, 2.24) is 4.90 Å². The first-order chi connectivity index (χ1) is 10.3. The van der Waals surface area contributed by atoms with Crippen LogP contribution in [0, 0.1) is 0 Å². The summed E-state index contributed by atoms with van der Waals surface area (Å²) in [5.41, 5.74) is 4.44. The van der Waals surface area contributed by atoms with Gasteiger partial charge in [-0.3, -0.25) is 4.90 Å². The maximum absolute atomic E-state index is 5.67. The van der Waals surface area contributed by atoms with E-state index in [9.17, 15) is 0 Å². The first-order valence-electron chi connectivity index (χ1n) is 7.00. The van der Waals surface area contributed by atoms with Crippen molar-refractivity contribution in [3.8, 4) is 0 Å². The van der Waals surface area contributed by atoms with Crippen LogP contribution in [0.2, 0.25) is 0 Å². The van der Waals surface area contributed by atoms with Crippen LogP contribution in [0.3, 0.4) is 0 Å². The fourth-order valence-corrected chi connectivity index (χ4v) is 2.71. The molecule has 2 rings (SSSR count). The summed E-state index contributed by atoms with van der Waals surface area (Å²) in [7, 11) is 0. The molecule has 0 aliphatic rings. The third kappa shape index (κ3) is 4.10. The van der Waals surface area contributed by atoms with Crippen molar-refractivity contribution in [2.45, 2.75) is 13.0 Å². The van der Waals surface area contributed by atoms with E-state index in [2.05, 4.69) is 54.3 Å². The lowest BCUT2D eigenvalue weighted by Gasteiger charge is -2.28. The molecule has 0 aliphatic heterocycles. The lowest BCUT2D eigenvalue weighted by atomic mass is 9.98. The van der Waals surface area contributed by atoms with Gasteiger partial charge in [-0.05, 0) is 23.3 Å². The van der Waals surface area contributed by atoms with Gasteiger partial charge in [0.25, 0.3) is 0 Å². The SMILES string of the molecule is C[C@H](c1cccc2ccccc12)N(C/C=C/Cl)C/C=C/Cl. The molecule has 0 unspecified atom stereocenters. The quantitative estimate of drug-likeness (QED) is 0.659. The molecule has 2 aromatic rings. The first kappa shape index (κ1) is 16.1. The predicted molar refractivity (Wildman–Crippen MR) is 93.9 cm³/mol. The molecule has 0 spiro atoms. The Morgan fingerprint density at radius 1 is 0.952 bits per heavy atom. The molecule has 1 atom stereocenters. The Balaban J connectivity index is 2.35. The molecular weight excluding hydrogens is 301 g/mol. The van der Waals surface area contributed by atoms with E-state index in [4.69, 9.17) is 23.2 Å². The van der Waals surface area contributed by atoms with E-state index in [1.807, 2.05) is 12.2 Å². The van der Waals surface area contributed by atoms with Gasteiger partial charge in [-0.2, -0.15) is 0 Å². The fourth-order valence-electron chi connectivity index (χ4n) is 2.55. The van der Waals surface area contributed by atoms with E-state index in [0.717, 1.165) is 13.1 Å². The van der Waals surface area contributed by atoms with Crippen LogP contribution in [-0.4, -0.2) is 18.0 Å². The number of nitrogens with zero attached hydrogens (tertiary/aromatic N) is 1. The fraction of sp³-hybridized carbons (Fsp3) is 0.222. The summed E-state index contributed by atoms with van der Waals surface area (Å²) in [6, 6.07) is 15.2. The van der Waals surface area contributed by atoms with Crippen LogP contribution in [0.5, 0.6) is 0 Å².